The van der Waals surface area contributed by atoms with Crippen LogP contribution in [0.4, 0.5) is 0 Å². The summed E-state index contributed by atoms with van der Waals surface area (Å²) in [4.78, 5) is 0. The Labute approximate surface area is 193 Å². The Bertz CT molecular complexity index is 1300. The topological polar surface area (TPSA) is 26.0 Å². The summed E-state index contributed by atoms with van der Waals surface area (Å²) in [6.45, 7) is 11.1. The summed E-state index contributed by atoms with van der Waals surface area (Å²) in [5.41, 5.74) is 14.1. The van der Waals surface area contributed by atoms with Crippen molar-refractivity contribution in [1.29, 1.82) is 0 Å². The van der Waals surface area contributed by atoms with Crippen molar-refractivity contribution in [2.45, 2.75) is 53.9 Å². The highest BCUT2D eigenvalue weighted by atomic mass is 14.6. The molecule has 2 N–H and O–H groups in total. The Balaban J connectivity index is 1.98. The summed E-state index contributed by atoms with van der Waals surface area (Å²) in [5, 5.41) is 5.19. The predicted octanol–water partition coefficient (Wildman–Crippen LogP) is 8.87. The van der Waals surface area contributed by atoms with Crippen molar-refractivity contribution < 1.29 is 0 Å². The molecule has 0 saturated carbocycles. The van der Waals surface area contributed by atoms with Gasteiger partial charge in [-0.3, -0.25) is 0 Å². The van der Waals surface area contributed by atoms with Crippen molar-refractivity contribution in [2.24, 2.45) is 11.1 Å². The highest BCUT2D eigenvalue weighted by molar-refractivity contribution is 6.13. The lowest BCUT2D eigenvalue weighted by Gasteiger charge is -2.24. The van der Waals surface area contributed by atoms with Gasteiger partial charge >= 0.3 is 0 Å². The van der Waals surface area contributed by atoms with E-state index in [9.17, 15) is 0 Å². The summed E-state index contributed by atoms with van der Waals surface area (Å²) in [6.07, 6.45) is 3.32. The van der Waals surface area contributed by atoms with Crippen LogP contribution < -0.4 is 5.73 Å². The Morgan fingerprint density at radius 1 is 0.812 bits per heavy atom. The van der Waals surface area contributed by atoms with Gasteiger partial charge < -0.3 is 5.73 Å². The summed E-state index contributed by atoms with van der Waals surface area (Å²) in [7, 11) is 0. The first-order valence-corrected chi connectivity index (χ1v) is 11.8. The minimum absolute atomic E-state index is 0.0529. The molecule has 0 saturated heterocycles. The standard InChI is InChI=1S/C31H35N/c1-6-7-13-26(30(32)31(3,4)5)23-17-21(2)18-24(19-23)29-20-22-12-8-9-14-25(22)27-15-10-11-16-28(27)29/h8-12,14-20H,6-7,13,32H2,1-5H3/b30-26+. The van der Waals surface area contributed by atoms with Crippen LogP contribution >= 0.6 is 0 Å². The molecule has 164 valence electrons. The Morgan fingerprint density at radius 2 is 1.47 bits per heavy atom. The van der Waals surface area contributed by atoms with Crippen LogP contribution in [0.1, 0.15) is 58.1 Å². The van der Waals surface area contributed by atoms with Gasteiger partial charge in [-0.25, -0.2) is 0 Å². The molecule has 0 fully saturated rings. The van der Waals surface area contributed by atoms with Crippen molar-refractivity contribution in [2.75, 3.05) is 0 Å². The van der Waals surface area contributed by atoms with E-state index in [0.717, 1.165) is 25.0 Å². The maximum Gasteiger partial charge on any atom is 0.0174 e. The minimum atomic E-state index is -0.0529. The number of hydrogen-bond donors (Lipinski definition) is 1. The number of nitrogens with two attached hydrogens (primary N) is 1. The number of aryl methyl sites for hydroxylation is 1. The van der Waals surface area contributed by atoms with E-state index in [-0.39, 0.29) is 5.41 Å². The average Bonchev–Trinajstić information content (AvgIpc) is 2.77. The molecule has 32 heavy (non-hydrogen) atoms. The van der Waals surface area contributed by atoms with E-state index in [1.165, 1.54) is 49.4 Å². The van der Waals surface area contributed by atoms with E-state index < -0.39 is 0 Å². The molecule has 0 aliphatic heterocycles. The van der Waals surface area contributed by atoms with Crippen LogP contribution in [0.15, 0.2) is 78.5 Å². The van der Waals surface area contributed by atoms with Crippen LogP contribution in [0, 0.1) is 12.3 Å². The zero-order valence-electron chi connectivity index (χ0n) is 20.1. The summed E-state index contributed by atoms with van der Waals surface area (Å²) < 4.78 is 0. The largest absolute Gasteiger partial charge is 0.401 e. The Morgan fingerprint density at radius 3 is 2.16 bits per heavy atom. The van der Waals surface area contributed by atoms with Crippen molar-refractivity contribution >= 4 is 27.1 Å². The zero-order chi connectivity index (χ0) is 22.9. The summed E-state index contributed by atoms with van der Waals surface area (Å²) >= 11 is 0. The quantitative estimate of drug-likeness (QED) is 0.320. The number of rotatable bonds is 5. The van der Waals surface area contributed by atoms with Gasteiger partial charge in [-0.15, -0.1) is 0 Å². The van der Waals surface area contributed by atoms with Gasteiger partial charge in [-0.05, 0) is 81.3 Å². The predicted molar refractivity (Wildman–Crippen MR) is 142 cm³/mol. The molecule has 0 unspecified atom stereocenters. The van der Waals surface area contributed by atoms with Gasteiger partial charge in [0.2, 0.25) is 0 Å². The molecule has 1 nitrogen and oxygen atoms in total. The van der Waals surface area contributed by atoms with Gasteiger partial charge in [0, 0.05) is 11.1 Å². The van der Waals surface area contributed by atoms with Gasteiger partial charge in [-0.2, -0.15) is 0 Å². The third-order valence-electron chi connectivity index (χ3n) is 6.42. The normalized spacial score (nSPS) is 12.9. The SMILES string of the molecule is CCCC/C(=C(\N)C(C)(C)C)c1cc(C)cc(-c2cc3ccccc3c3ccccc23)c1. The second-order valence-corrected chi connectivity index (χ2v) is 10.0. The van der Waals surface area contributed by atoms with Crippen LogP contribution in [-0.2, 0) is 0 Å². The smallest absolute Gasteiger partial charge is 0.0174 e. The molecule has 0 bridgehead atoms. The van der Waals surface area contributed by atoms with Crippen LogP contribution in [0.25, 0.3) is 38.2 Å². The molecular formula is C31H35N. The lowest BCUT2D eigenvalue weighted by atomic mass is 9.83. The molecule has 4 rings (SSSR count). The van der Waals surface area contributed by atoms with Gasteiger partial charge in [0.15, 0.2) is 0 Å². The Kier molecular flexibility index (Phi) is 6.11. The van der Waals surface area contributed by atoms with Gasteiger partial charge in [0.05, 0.1) is 0 Å². The van der Waals surface area contributed by atoms with E-state index in [1.54, 1.807) is 0 Å². The average molecular weight is 422 g/mol. The van der Waals surface area contributed by atoms with Crippen molar-refractivity contribution in [1.82, 2.24) is 0 Å². The molecule has 0 aliphatic rings. The molecule has 1 heteroatoms. The Hall–Kier alpha value is -3.06. The molecule has 4 aromatic carbocycles. The highest BCUT2D eigenvalue weighted by Crippen LogP contribution is 2.38. The zero-order valence-corrected chi connectivity index (χ0v) is 20.1. The first kappa shape index (κ1) is 22.1. The molecule has 0 heterocycles. The lowest BCUT2D eigenvalue weighted by molar-refractivity contribution is 0.497. The number of hydrogen-bond acceptors (Lipinski definition) is 1. The van der Waals surface area contributed by atoms with E-state index >= 15 is 0 Å². The fraction of sp³-hybridized carbons (Fsp3) is 0.290. The van der Waals surface area contributed by atoms with E-state index in [1.807, 2.05) is 0 Å². The molecule has 4 aromatic rings. The number of unbranched alkanes of at least 4 members (excludes halogenated alkanes) is 1. The number of allylic oxidation sites excluding steroid dienone is 2. The molecular weight excluding hydrogens is 386 g/mol. The third kappa shape index (κ3) is 4.30. The van der Waals surface area contributed by atoms with Gasteiger partial charge in [0.1, 0.15) is 0 Å². The third-order valence-corrected chi connectivity index (χ3v) is 6.42. The van der Waals surface area contributed by atoms with Crippen LogP contribution in [0.2, 0.25) is 0 Å². The van der Waals surface area contributed by atoms with Crippen LogP contribution in [0.3, 0.4) is 0 Å². The molecule has 0 spiro atoms. The minimum Gasteiger partial charge on any atom is -0.401 e. The lowest BCUT2D eigenvalue weighted by Crippen LogP contribution is -2.19. The van der Waals surface area contributed by atoms with Gasteiger partial charge in [-0.1, -0.05) is 94.8 Å². The molecule has 0 atom stereocenters. The molecule has 0 aliphatic carbocycles. The fourth-order valence-electron chi connectivity index (χ4n) is 4.65. The van der Waals surface area contributed by atoms with E-state index in [4.69, 9.17) is 5.73 Å². The van der Waals surface area contributed by atoms with Crippen molar-refractivity contribution in [3.05, 3.63) is 89.6 Å². The molecule has 0 aromatic heterocycles. The second kappa shape index (κ2) is 8.82. The monoisotopic (exact) mass is 421 g/mol. The maximum absolute atomic E-state index is 6.75. The molecule has 0 amide bonds. The number of benzene rings is 4. The van der Waals surface area contributed by atoms with E-state index in [0.29, 0.717) is 0 Å². The first-order chi connectivity index (χ1) is 15.3. The van der Waals surface area contributed by atoms with Crippen LogP contribution in [-0.4, -0.2) is 0 Å². The maximum atomic E-state index is 6.75. The first-order valence-electron chi connectivity index (χ1n) is 11.8. The fourth-order valence-corrected chi connectivity index (χ4v) is 4.65. The second-order valence-electron chi connectivity index (χ2n) is 10.0. The highest BCUT2D eigenvalue weighted by Gasteiger charge is 2.20. The van der Waals surface area contributed by atoms with Crippen molar-refractivity contribution in [3.8, 4) is 11.1 Å². The van der Waals surface area contributed by atoms with Crippen molar-refractivity contribution in [3.63, 3.8) is 0 Å². The van der Waals surface area contributed by atoms with Gasteiger partial charge in [0.25, 0.3) is 0 Å². The van der Waals surface area contributed by atoms with E-state index in [2.05, 4.69) is 107 Å². The summed E-state index contributed by atoms with van der Waals surface area (Å²) in [6, 6.07) is 26.8. The molecule has 0 radical (unpaired) electrons. The number of fused-ring (bicyclic) bond motifs is 3. The summed E-state index contributed by atoms with van der Waals surface area (Å²) in [5.74, 6) is 0. The van der Waals surface area contributed by atoms with Crippen LogP contribution in [0.5, 0.6) is 0 Å².